The quantitative estimate of drug-likeness (QED) is 0.203. The maximum atomic E-state index is 13.6. The molecule has 2 bridgehead atoms. The summed E-state index contributed by atoms with van der Waals surface area (Å²) < 4.78 is 37.9. The van der Waals surface area contributed by atoms with Crippen molar-refractivity contribution in [1.29, 1.82) is 0 Å². The van der Waals surface area contributed by atoms with Gasteiger partial charge in [0.25, 0.3) is 0 Å². The number of cyclic esters (lactones) is 1. The molecule has 13 atom stereocenters. The van der Waals surface area contributed by atoms with Crippen molar-refractivity contribution >= 4 is 39.8 Å². The summed E-state index contributed by atoms with van der Waals surface area (Å²) in [6, 6.07) is 7.22. The topological polar surface area (TPSA) is 127 Å². The van der Waals surface area contributed by atoms with Crippen LogP contribution in [0, 0.1) is 39.4 Å². The van der Waals surface area contributed by atoms with Gasteiger partial charge in [-0.15, -0.1) is 0 Å². The van der Waals surface area contributed by atoms with Crippen molar-refractivity contribution in [2.45, 2.75) is 122 Å². The smallest absolute Gasteiger partial charge is 0.341 e. The largest absolute Gasteiger partial charge is 0.467 e. The Hall–Kier alpha value is -2.50. The predicted molar refractivity (Wildman–Crippen MR) is 177 cm³/mol. The van der Waals surface area contributed by atoms with Crippen molar-refractivity contribution in [1.82, 2.24) is 0 Å². The summed E-state index contributed by atoms with van der Waals surface area (Å²) in [5.41, 5.74) is -3.39. The minimum Gasteiger partial charge on any atom is -0.467 e. The number of methoxy groups -OCH3 is 1. The summed E-state index contributed by atoms with van der Waals surface area (Å²) in [7, 11) is 1.40. The third-order valence-corrected chi connectivity index (χ3v) is 16.0. The first-order valence-electron chi connectivity index (χ1n) is 17.9. The van der Waals surface area contributed by atoms with Crippen LogP contribution in [0.2, 0.25) is 0 Å². The standard InChI is InChI=1S/C38H47BrO10/c1-20(46-31(42)22-9-7-8-10-23(22)39)36-17-14-24-33(3,25(36)11-12-28(41)45-19-36)16-13-26-34(24,4)29(47-21(2)40)30-35(5)37(26,49-30)18-15-27-38(35,48-27)32(43)44-6/h7-10,20,24-27,29-30H,11-19H2,1-6H3/t20?,24?,25-,26?,27+,29+,30-,33+,34+,35+,36-,37+,38-/m0/s1. The summed E-state index contributed by atoms with van der Waals surface area (Å²) in [6.07, 6.45) is 3.54. The lowest BCUT2D eigenvalue weighted by atomic mass is 9.30. The average molecular weight is 744 g/mol. The van der Waals surface area contributed by atoms with Gasteiger partial charge in [-0.05, 0) is 103 Å². The summed E-state index contributed by atoms with van der Waals surface area (Å²) in [5.74, 6) is -1.32. The number of epoxide rings is 1. The van der Waals surface area contributed by atoms with Crippen molar-refractivity contribution in [3.8, 4) is 0 Å². The average Bonchev–Trinajstić information content (AvgIpc) is 3.83. The second kappa shape index (κ2) is 10.8. The third kappa shape index (κ3) is 3.96. The van der Waals surface area contributed by atoms with Gasteiger partial charge in [0.15, 0.2) is 0 Å². The van der Waals surface area contributed by atoms with Gasteiger partial charge >= 0.3 is 23.9 Å². The minimum absolute atomic E-state index is 0.00469. The number of fused-ring (bicyclic) bond motifs is 9. The zero-order chi connectivity index (χ0) is 34.9. The molecule has 3 aliphatic carbocycles. The van der Waals surface area contributed by atoms with E-state index in [1.807, 2.05) is 25.1 Å². The summed E-state index contributed by atoms with van der Waals surface area (Å²) in [4.78, 5) is 52.9. The number of hydrogen-bond donors (Lipinski definition) is 0. The molecule has 0 radical (unpaired) electrons. The molecule has 0 aromatic heterocycles. The molecule has 7 aliphatic rings. The first-order valence-corrected chi connectivity index (χ1v) is 18.7. The SMILES string of the molecule is COC(=O)[C@@]12O[C@@H]1CC[C@@]13O[C@@H]([C@@H](OC(C)=O)[C@]4(C)C5CC[C@@]6(C(C)OC(=O)c7ccccc7Br)COC(=O)CC[C@H]6[C@]5(C)CCC41)[C@@]23C. The van der Waals surface area contributed by atoms with E-state index in [9.17, 15) is 19.2 Å². The highest BCUT2D eigenvalue weighted by Crippen LogP contribution is 2.83. The minimum atomic E-state index is -1.11. The highest BCUT2D eigenvalue weighted by Gasteiger charge is 2.94. The zero-order valence-electron chi connectivity index (χ0n) is 29.2. The summed E-state index contributed by atoms with van der Waals surface area (Å²) >= 11 is 3.49. The van der Waals surface area contributed by atoms with Crippen molar-refractivity contribution < 1.29 is 47.6 Å². The molecule has 10 nitrogen and oxygen atoms in total. The number of esters is 4. The molecule has 4 aliphatic heterocycles. The van der Waals surface area contributed by atoms with Gasteiger partial charge in [-0.1, -0.05) is 32.9 Å². The van der Waals surface area contributed by atoms with Crippen LogP contribution in [0.4, 0.5) is 0 Å². The molecule has 1 aromatic rings. The van der Waals surface area contributed by atoms with Crippen molar-refractivity contribution in [2.24, 2.45) is 39.4 Å². The molecular weight excluding hydrogens is 696 g/mol. The Morgan fingerprint density at radius 3 is 2.41 bits per heavy atom. The Morgan fingerprint density at radius 1 is 0.959 bits per heavy atom. The lowest BCUT2D eigenvalue weighted by Gasteiger charge is -2.80. The highest BCUT2D eigenvalue weighted by molar-refractivity contribution is 9.10. The van der Waals surface area contributed by atoms with E-state index >= 15 is 0 Å². The summed E-state index contributed by atoms with van der Waals surface area (Å²) in [5, 5.41) is 0. The maximum absolute atomic E-state index is 13.6. The lowest BCUT2D eigenvalue weighted by molar-refractivity contribution is -0.452. The summed E-state index contributed by atoms with van der Waals surface area (Å²) in [6.45, 7) is 10.3. The molecule has 0 amide bonds. The highest BCUT2D eigenvalue weighted by atomic mass is 79.9. The number of ether oxygens (including phenoxy) is 6. The van der Waals surface area contributed by atoms with Crippen LogP contribution < -0.4 is 0 Å². The van der Waals surface area contributed by atoms with E-state index in [-0.39, 0.29) is 53.8 Å². The van der Waals surface area contributed by atoms with Crippen LogP contribution in [0.1, 0.15) is 96.3 Å². The molecule has 11 heteroatoms. The number of rotatable bonds is 5. The molecule has 4 saturated heterocycles. The van der Waals surface area contributed by atoms with E-state index in [0.717, 1.165) is 25.7 Å². The van der Waals surface area contributed by atoms with Gasteiger partial charge in [0.05, 0.1) is 29.8 Å². The first-order chi connectivity index (χ1) is 23.2. The number of carbonyl (C=O) groups is 4. The zero-order valence-corrected chi connectivity index (χ0v) is 30.8. The van der Waals surface area contributed by atoms with Gasteiger partial charge in [-0.3, -0.25) is 9.59 Å². The van der Waals surface area contributed by atoms with Crippen molar-refractivity contribution in [2.75, 3.05) is 13.7 Å². The van der Waals surface area contributed by atoms with E-state index < -0.39 is 51.7 Å². The fourth-order valence-electron chi connectivity index (χ4n) is 13.2. The third-order valence-electron chi connectivity index (χ3n) is 15.3. The fourth-order valence-corrected chi connectivity index (χ4v) is 13.7. The van der Waals surface area contributed by atoms with E-state index in [0.29, 0.717) is 35.7 Å². The number of hydrogen-bond acceptors (Lipinski definition) is 10. The first kappa shape index (κ1) is 33.6. The fraction of sp³-hybridized carbons (Fsp3) is 0.737. The van der Waals surface area contributed by atoms with E-state index in [1.165, 1.54) is 14.0 Å². The number of halogens is 1. The molecule has 4 heterocycles. The predicted octanol–water partition coefficient (Wildman–Crippen LogP) is 5.96. The Kier molecular flexibility index (Phi) is 7.39. The molecule has 3 saturated carbocycles. The van der Waals surface area contributed by atoms with E-state index in [2.05, 4.69) is 36.7 Å². The van der Waals surface area contributed by atoms with Crippen molar-refractivity contribution in [3.63, 3.8) is 0 Å². The van der Waals surface area contributed by atoms with Crippen LogP contribution in [0.15, 0.2) is 28.7 Å². The van der Waals surface area contributed by atoms with Gasteiger partial charge in [-0.25, -0.2) is 9.59 Å². The second-order valence-electron chi connectivity index (χ2n) is 16.6. The van der Waals surface area contributed by atoms with Crippen LogP contribution in [-0.2, 0) is 42.8 Å². The van der Waals surface area contributed by atoms with Crippen LogP contribution in [-0.4, -0.2) is 73.2 Å². The molecule has 1 aromatic carbocycles. The lowest BCUT2D eigenvalue weighted by Crippen LogP contribution is -2.89. The van der Waals surface area contributed by atoms with Crippen LogP contribution in [0.5, 0.6) is 0 Å². The van der Waals surface area contributed by atoms with Crippen LogP contribution in [0.25, 0.3) is 0 Å². The number of carbonyl (C=O) groups excluding carboxylic acids is 4. The maximum Gasteiger partial charge on any atom is 0.341 e. The molecular formula is C38H47BrO10. The monoisotopic (exact) mass is 742 g/mol. The molecule has 1 spiro atoms. The normalized spacial score (nSPS) is 47.9. The van der Waals surface area contributed by atoms with Crippen molar-refractivity contribution in [3.05, 3.63) is 34.3 Å². The molecule has 49 heavy (non-hydrogen) atoms. The molecule has 3 unspecified atom stereocenters. The Morgan fingerprint density at radius 2 is 1.69 bits per heavy atom. The Balaban J connectivity index is 1.19. The molecule has 266 valence electrons. The van der Waals surface area contributed by atoms with Gasteiger partial charge in [0.2, 0.25) is 5.60 Å². The Bertz CT molecular complexity index is 1630. The molecule has 8 rings (SSSR count). The molecule has 7 fully saturated rings. The molecule has 0 N–H and O–H groups in total. The van der Waals surface area contributed by atoms with E-state index in [4.69, 9.17) is 28.4 Å². The van der Waals surface area contributed by atoms with E-state index in [1.54, 1.807) is 6.07 Å². The number of benzene rings is 1. The second-order valence-corrected chi connectivity index (χ2v) is 17.5. The van der Waals surface area contributed by atoms with Gasteiger partial charge in [0, 0.05) is 28.6 Å². The van der Waals surface area contributed by atoms with Crippen LogP contribution >= 0.6 is 15.9 Å². The Labute approximate surface area is 295 Å². The van der Waals surface area contributed by atoms with Gasteiger partial charge in [0.1, 0.15) is 24.9 Å². The van der Waals surface area contributed by atoms with Gasteiger partial charge in [-0.2, -0.15) is 0 Å². The van der Waals surface area contributed by atoms with Gasteiger partial charge < -0.3 is 28.4 Å². The van der Waals surface area contributed by atoms with Crippen LogP contribution in [0.3, 0.4) is 0 Å².